The molecule has 3 atom stereocenters. The topological polar surface area (TPSA) is 41.5 Å². The Balaban J connectivity index is 1.76. The third-order valence-corrected chi connectivity index (χ3v) is 3.85. The Labute approximate surface area is 102 Å². The first kappa shape index (κ1) is 11.1. The Kier molecular flexibility index (Phi) is 3.04. The summed E-state index contributed by atoms with van der Waals surface area (Å²) in [6, 6.07) is 8.78. The molecule has 1 aromatic rings. The number of rotatable bonds is 2. The summed E-state index contributed by atoms with van der Waals surface area (Å²) >= 11 is 0. The van der Waals surface area contributed by atoms with E-state index < -0.39 is 0 Å². The highest BCUT2D eigenvalue weighted by atomic mass is 16.5. The van der Waals surface area contributed by atoms with E-state index in [1.54, 1.807) is 0 Å². The van der Waals surface area contributed by atoms with Crippen molar-refractivity contribution in [1.29, 1.82) is 0 Å². The summed E-state index contributed by atoms with van der Waals surface area (Å²) in [6.45, 7) is 0.761. The van der Waals surface area contributed by atoms with E-state index in [1.165, 1.54) is 5.56 Å². The van der Waals surface area contributed by atoms with Gasteiger partial charge in [-0.1, -0.05) is 18.2 Å². The van der Waals surface area contributed by atoms with Gasteiger partial charge >= 0.3 is 0 Å². The van der Waals surface area contributed by atoms with E-state index in [1.807, 2.05) is 18.2 Å². The Bertz CT molecular complexity index is 394. The second-order valence-corrected chi connectivity index (χ2v) is 5.00. The average Bonchev–Trinajstić information content (AvgIpc) is 2.76. The number of fused-ring (bicyclic) bond motifs is 1. The predicted octanol–water partition coefficient (Wildman–Crippen LogP) is 2.01. The van der Waals surface area contributed by atoms with Crippen molar-refractivity contribution in [1.82, 2.24) is 5.32 Å². The van der Waals surface area contributed by atoms with Crippen LogP contribution in [0.4, 0.5) is 0 Å². The van der Waals surface area contributed by atoms with Crippen molar-refractivity contribution in [3.8, 4) is 5.75 Å². The maximum atomic E-state index is 9.87. The van der Waals surface area contributed by atoms with Crippen molar-refractivity contribution in [3.05, 3.63) is 29.8 Å². The standard InChI is InChI=1S/C14H19NO2/c16-13-6-3-5-12(13)15-11-8-9-17-14-7-2-1-4-10(11)14/h1-2,4,7,11-13,15-16H,3,5-6,8-9H2/t11?,12-,13-/m1/s1. The summed E-state index contributed by atoms with van der Waals surface area (Å²) in [4.78, 5) is 0. The summed E-state index contributed by atoms with van der Waals surface area (Å²) in [6.07, 6.45) is 3.96. The summed E-state index contributed by atoms with van der Waals surface area (Å²) < 4.78 is 5.64. The number of benzene rings is 1. The van der Waals surface area contributed by atoms with Gasteiger partial charge in [-0.15, -0.1) is 0 Å². The molecular weight excluding hydrogens is 214 g/mol. The van der Waals surface area contributed by atoms with Gasteiger partial charge in [0.15, 0.2) is 0 Å². The first-order valence-electron chi connectivity index (χ1n) is 6.50. The second kappa shape index (κ2) is 4.67. The molecule has 3 nitrogen and oxygen atoms in total. The second-order valence-electron chi connectivity index (χ2n) is 5.00. The molecule has 1 aromatic carbocycles. The number of para-hydroxylation sites is 1. The van der Waals surface area contributed by atoms with Gasteiger partial charge < -0.3 is 15.2 Å². The van der Waals surface area contributed by atoms with Crippen molar-refractivity contribution < 1.29 is 9.84 Å². The number of hydrogen-bond donors (Lipinski definition) is 2. The van der Waals surface area contributed by atoms with Gasteiger partial charge in [-0.05, 0) is 25.3 Å². The fraction of sp³-hybridized carbons (Fsp3) is 0.571. The average molecular weight is 233 g/mol. The Morgan fingerprint density at radius 2 is 2.06 bits per heavy atom. The molecule has 0 spiro atoms. The molecule has 1 heterocycles. The van der Waals surface area contributed by atoms with Gasteiger partial charge in [0.1, 0.15) is 5.75 Å². The van der Waals surface area contributed by atoms with E-state index in [0.29, 0.717) is 6.04 Å². The van der Waals surface area contributed by atoms with E-state index in [-0.39, 0.29) is 12.1 Å². The zero-order chi connectivity index (χ0) is 11.7. The summed E-state index contributed by atoms with van der Waals surface area (Å²) in [7, 11) is 0. The third kappa shape index (κ3) is 2.17. The minimum Gasteiger partial charge on any atom is -0.493 e. The van der Waals surface area contributed by atoms with Gasteiger partial charge in [0.25, 0.3) is 0 Å². The molecule has 3 rings (SSSR count). The lowest BCUT2D eigenvalue weighted by Crippen LogP contribution is -2.39. The SMILES string of the molecule is O[C@@H]1CCC[C@H]1NC1CCOc2ccccc21. The highest BCUT2D eigenvalue weighted by Gasteiger charge is 2.29. The van der Waals surface area contributed by atoms with Crippen molar-refractivity contribution in [2.75, 3.05) is 6.61 Å². The smallest absolute Gasteiger partial charge is 0.124 e. The molecule has 1 fully saturated rings. The molecule has 1 aliphatic carbocycles. The minimum atomic E-state index is -0.176. The molecule has 0 radical (unpaired) electrons. The van der Waals surface area contributed by atoms with Crippen LogP contribution in [0.2, 0.25) is 0 Å². The first-order valence-corrected chi connectivity index (χ1v) is 6.50. The number of ether oxygens (including phenoxy) is 1. The van der Waals surface area contributed by atoms with Crippen LogP contribution in [-0.4, -0.2) is 23.9 Å². The largest absolute Gasteiger partial charge is 0.493 e. The molecule has 92 valence electrons. The van der Waals surface area contributed by atoms with E-state index in [0.717, 1.165) is 38.0 Å². The molecule has 3 heteroatoms. The molecule has 1 aliphatic heterocycles. The minimum absolute atomic E-state index is 0.176. The molecule has 17 heavy (non-hydrogen) atoms. The Morgan fingerprint density at radius 1 is 1.18 bits per heavy atom. The number of hydrogen-bond acceptors (Lipinski definition) is 3. The first-order chi connectivity index (χ1) is 8.34. The van der Waals surface area contributed by atoms with Crippen LogP contribution in [0.25, 0.3) is 0 Å². The summed E-state index contributed by atoms with van der Waals surface area (Å²) in [5.41, 5.74) is 1.23. The van der Waals surface area contributed by atoms with Gasteiger partial charge in [0, 0.05) is 24.1 Å². The highest BCUT2D eigenvalue weighted by Crippen LogP contribution is 2.33. The Hall–Kier alpha value is -1.06. The molecule has 1 saturated carbocycles. The van der Waals surface area contributed by atoms with Crippen LogP contribution in [0, 0.1) is 0 Å². The van der Waals surface area contributed by atoms with Gasteiger partial charge in [-0.25, -0.2) is 0 Å². The van der Waals surface area contributed by atoms with Crippen LogP contribution in [0.3, 0.4) is 0 Å². The van der Waals surface area contributed by atoms with Crippen molar-refractivity contribution in [2.45, 2.75) is 43.9 Å². The molecule has 2 N–H and O–H groups in total. The van der Waals surface area contributed by atoms with E-state index >= 15 is 0 Å². The summed E-state index contributed by atoms with van der Waals surface area (Å²) in [5, 5.41) is 13.5. The molecular formula is C14H19NO2. The van der Waals surface area contributed by atoms with Gasteiger partial charge in [0.05, 0.1) is 12.7 Å². The molecule has 1 unspecified atom stereocenters. The maximum absolute atomic E-state index is 9.87. The van der Waals surface area contributed by atoms with Crippen LogP contribution in [0.1, 0.15) is 37.3 Å². The monoisotopic (exact) mass is 233 g/mol. The highest BCUT2D eigenvalue weighted by molar-refractivity contribution is 5.37. The maximum Gasteiger partial charge on any atom is 0.124 e. The van der Waals surface area contributed by atoms with E-state index in [2.05, 4.69) is 11.4 Å². The van der Waals surface area contributed by atoms with Crippen LogP contribution in [0.5, 0.6) is 5.75 Å². The molecule has 0 saturated heterocycles. The number of aliphatic hydroxyl groups excluding tert-OH is 1. The van der Waals surface area contributed by atoms with Gasteiger partial charge in [-0.3, -0.25) is 0 Å². The van der Waals surface area contributed by atoms with Crippen LogP contribution >= 0.6 is 0 Å². The van der Waals surface area contributed by atoms with Crippen LogP contribution in [-0.2, 0) is 0 Å². The van der Waals surface area contributed by atoms with Gasteiger partial charge in [0.2, 0.25) is 0 Å². The van der Waals surface area contributed by atoms with Gasteiger partial charge in [-0.2, -0.15) is 0 Å². The van der Waals surface area contributed by atoms with E-state index in [9.17, 15) is 5.11 Å². The molecule has 0 amide bonds. The Morgan fingerprint density at radius 3 is 2.88 bits per heavy atom. The fourth-order valence-electron chi connectivity index (χ4n) is 2.91. The molecule has 0 bridgehead atoms. The lowest BCUT2D eigenvalue weighted by Gasteiger charge is -2.30. The van der Waals surface area contributed by atoms with E-state index in [4.69, 9.17) is 4.74 Å². The molecule has 2 aliphatic rings. The predicted molar refractivity (Wildman–Crippen MR) is 66.1 cm³/mol. The van der Waals surface area contributed by atoms with Crippen LogP contribution < -0.4 is 10.1 Å². The zero-order valence-corrected chi connectivity index (χ0v) is 9.93. The molecule has 0 aromatic heterocycles. The quantitative estimate of drug-likeness (QED) is 0.821. The lowest BCUT2D eigenvalue weighted by molar-refractivity contribution is 0.135. The number of nitrogens with one attached hydrogen (secondary N) is 1. The van der Waals surface area contributed by atoms with Crippen LogP contribution in [0.15, 0.2) is 24.3 Å². The third-order valence-electron chi connectivity index (χ3n) is 3.85. The normalized spacial score (nSPS) is 31.9. The lowest BCUT2D eigenvalue weighted by atomic mass is 9.99. The fourth-order valence-corrected chi connectivity index (χ4v) is 2.91. The van der Waals surface area contributed by atoms with Crippen molar-refractivity contribution in [3.63, 3.8) is 0 Å². The van der Waals surface area contributed by atoms with Crippen molar-refractivity contribution in [2.24, 2.45) is 0 Å². The zero-order valence-electron chi connectivity index (χ0n) is 9.93. The number of aliphatic hydroxyl groups is 1. The summed E-state index contributed by atoms with van der Waals surface area (Å²) in [5.74, 6) is 0.990. The van der Waals surface area contributed by atoms with Crippen molar-refractivity contribution >= 4 is 0 Å².